The van der Waals surface area contributed by atoms with Crippen LogP contribution in [0.5, 0.6) is 5.75 Å². The molecule has 1 aliphatic carbocycles. The number of amides is 1. The highest BCUT2D eigenvalue weighted by Gasteiger charge is 2.62. The highest BCUT2D eigenvalue weighted by atomic mass is 19.4. The fourth-order valence-electron chi connectivity index (χ4n) is 4.66. The van der Waals surface area contributed by atoms with E-state index < -0.39 is 23.2 Å². The summed E-state index contributed by atoms with van der Waals surface area (Å²) in [6, 6.07) is 4.92. The predicted octanol–water partition coefficient (Wildman–Crippen LogP) is 2.68. The molecule has 1 amide bonds. The number of halogens is 3. The number of nitrogens with one attached hydrogen (secondary N) is 1. The molecule has 1 aromatic carbocycles. The molecule has 1 saturated heterocycles. The summed E-state index contributed by atoms with van der Waals surface area (Å²) in [6.07, 6.45) is -1.19. The Bertz CT molecular complexity index is 711. The smallest absolute Gasteiger partial charge is 0.430 e. The van der Waals surface area contributed by atoms with Gasteiger partial charge in [-0.05, 0) is 62.2 Å². The van der Waals surface area contributed by atoms with Crippen molar-refractivity contribution in [2.45, 2.75) is 37.5 Å². The van der Waals surface area contributed by atoms with E-state index in [1.54, 1.807) is 0 Å². The highest BCUT2D eigenvalue weighted by Crippen LogP contribution is 2.52. The maximum Gasteiger partial charge on any atom is 0.430 e. The minimum atomic E-state index is -5.15. The molecule has 1 atom stereocenters. The normalized spacial score (nSPS) is 21.6. The number of likely N-dealkylation sites (N-methyl/N-ethyl adjacent to an activating group) is 1. The van der Waals surface area contributed by atoms with Crippen LogP contribution in [0.1, 0.15) is 31.2 Å². The van der Waals surface area contributed by atoms with Gasteiger partial charge in [0, 0.05) is 19.2 Å². The number of methoxy groups -OCH3 is 1. The monoisotopic (exact) mass is 400 g/mol. The van der Waals surface area contributed by atoms with E-state index in [1.807, 2.05) is 0 Å². The minimum absolute atomic E-state index is 0.141. The number of hydrogen-bond donors (Lipinski definition) is 2. The topological polar surface area (TPSA) is 61.8 Å². The van der Waals surface area contributed by atoms with Crippen LogP contribution in [0.2, 0.25) is 0 Å². The van der Waals surface area contributed by atoms with E-state index in [2.05, 4.69) is 5.32 Å². The van der Waals surface area contributed by atoms with Crippen LogP contribution in [0, 0.1) is 11.3 Å². The first-order valence-electron chi connectivity index (χ1n) is 9.51. The average Bonchev–Trinajstić information content (AvgIpc) is 2.65. The van der Waals surface area contributed by atoms with Crippen molar-refractivity contribution >= 4 is 5.91 Å². The molecule has 1 aliphatic heterocycles. The van der Waals surface area contributed by atoms with E-state index in [-0.39, 0.29) is 23.6 Å². The molecule has 3 rings (SSSR count). The molecular formula is C20H27F3N2O3. The lowest BCUT2D eigenvalue weighted by Gasteiger charge is -2.51. The maximum atomic E-state index is 13.8. The molecule has 8 heteroatoms. The molecule has 0 radical (unpaired) electrons. The Hall–Kier alpha value is -1.80. The zero-order valence-corrected chi connectivity index (χ0v) is 16.2. The summed E-state index contributed by atoms with van der Waals surface area (Å²) in [6.45, 7) is 2.13. The number of carbonyl (C=O) groups is 1. The van der Waals surface area contributed by atoms with Crippen molar-refractivity contribution in [1.29, 1.82) is 0 Å². The second-order valence-corrected chi connectivity index (χ2v) is 8.15. The Morgan fingerprint density at radius 1 is 1.32 bits per heavy atom. The van der Waals surface area contributed by atoms with Gasteiger partial charge < -0.3 is 20.1 Å². The summed E-state index contributed by atoms with van der Waals surface area (Å²) >= 11 is 0. The minimum Gasteiger partial charge on any atom is -0.497 e. The summed E-state index contributed by atoms with van der Waals surface area (Å²) in [5.74, 6) is -1.06. The van der Waals surface area contributed by atoms with Crippen LogP contribution in [0.3, 0.4) is 0 Å². The molecule has 1 aromatic rings. The number of nitrogens with zero attached hydrogens (tertiary/aromatic N) is 1. The Morgan fingerprint density at radius 2 is 1.96 bits per heavy atom. The molecular weight excluding hydrogens is 373 g/mol. The molecule has 0 bridgehead atoms. The van der Waals surface area contributed by atoms with Gasteiger partial charge in [0.15, 0.2) is 0 Å². The average molecular weight is 400 g/mol. The third-order valence-electron chi connectivity index (χ3n) is 6.19. The standard InChI is InChI=1S/C20H27F3N2O3/c1-25(13-14-11-18(12-14)6-8-24-9-7-18)17(26)19(27,20(21,22)23)15-4-3-5-16(10-15)28-2/h3-5,10,14,24,27H,6-9,11-13H2,1-2H3/t19-/m1/s1. The van der Waals surface area contributed by atoms with Crippen LogP contribution in [-0.4, -0.2) is 55.9 Å². The third-order valence-corrected chi connectivity index (χ3v) is 6.19. The lowest BCUT2D eigenvalue weighted by molar-refractivity contribution is -0.261. The molecule has 2 fully saturated rings. The number of alkyl halides is 3. The molecule has 1 saturated carbocycles. The van der Waals surface area contributed by atoms with Crippen molar-refractivity contribution in [2.75, 3.05) is 33.8 Å². The van der Waals surface area contributed by atoms with E-state index in [0.29, 0.717) is 0 Å². The Balaban J connectivity index is 1.74. The first-order chi connectivity index (χ1) is 13.1. The quantitative estimate of drug-likeness (QED) is 0.798. The highest BCUT2D eigenvalue weighted by molar-refractivity contribution is 5.87. The van der Waals surface area contributed by atoms with Gasteiger partial charge in [-0.25, -0.2) is 0 Å². The Morgan fingerprint density at radius 3 is 2.54 bits per heavy atom. The molecule has 1 heterocycles. The first-order valence-corrected chi connectivity index (χ1v) is 9.51. The molecule has 0 aromatic heterocycles. The molecule has 2 aliphatic rings. The zero-order valence-electron chi connectivity index (χ0n) is 16.2. The number of ether oxygens (including phenoxy) is 1. The summed E-state index contributed by atoms with van der Waals surface area (Å²) in [5, 5.41) is 13.9. The molecule has 5 nitrogen and oxygen atoms in total. The summed E-state index contributed by atoms with van der Waals surface area (Å²) in [5.41, 5.74) is -3.88. The van der Waals surface area contributed by atoms with Crippen LogP contribution < -0.4 is 10.1 Å². The van der Waals surface area contributed by atoms with Gasteiger partial charge in [-0.2, -0.15) is 13.2 Å². The summed E-state index contributed by atoms with van der Waals surface area (Å²) in [4.78, 5) is 13.8. The summed E-state index contributed by atoms with van der Waals surface area (Å²) < 4.78 is 46.4. The van der Waals surface area contributed by atoms with Gasteiger partial charge in [-0.3, -0.25) is 4.79 Å². The maximum absolute atomic E-state index is 13.8. The lowest BCUT2D eigenvalue weighted by Crippen LogP contribution is -2.56. The van der Waals surface area contributed by atoms with E-state index in [4.69, 9.17) is 4.74 Å². The first kappa shape index (κ1) is 20.9. The van der Waals surface area contributed by atoms with Crippen molar-refractivity contribution < 1.29 is 27.8 Å². The van der Waals surface area contributed by atoms with Gasteiger partial charge in [0.2, 0.25) is 0 Å². The van der Waals surface area contributed by atoms with Crippen LogP contribution in [0.15, 0.2) is 24.3 Å². The van der Waals surface area contributed by atoms with Gasteiger partial charge in [-0.15, -0.1) is 0 Å². The largest absolute Gasteiger partial charge is 0.497 e. The zero-order chi connectivity index (χ0) is 20.6. The van der Waals surface area contributed by atoms with E-state index in [9.17, 15) is 23.1 Å². The van der Waals surface area contributed by atoms with Crippen LogP contribution in [0.4, 0.5) is 13.2 Å². The van der Waals surface area contributed by atoms with Gasteiger partial charge in [0.25, 0.3) is 11.5 Å². The van der Waals surface area contributed by atoms with Crippen molar-refractivity contribution in [1.82, 2.24) is 10.2 Å². The Labute approximate surface area is 162 Å². The molecule has 28 heavy (non-hydrogen) atoms. The van der Waals surface area contributed by atoms with Crippen LogP contribution in [-0.2, 0) is 10.4 Å². The van der Waals surface area contributed by atoms with E-state index >= 15 is 0 Å². The number of rotatable bonds is 5. The molecule has 1 spiro atoms. The predicted molar refractivity (Wildman–Crippen MR) is 97.8 cm³/mol. The third kappa shape index (κ3) is 3.72. The van der Waals surface area contributed by atoms with Gasteiger partial charge in [0.1, 0.15) is 5.75 Å². The second kappa shape index (κ2) is 7.55. The molecule has 2 N–H and O–H groups in total. The number of aliphatic hydroxyl groups is 1. The SMILES string of the molecule is COc1cccc([C@@](O)(C(=O)N(C)CC2CC3(CCNCC3)C2)C(F)(F)F)c1. The number of piperidine rings is 1. The van der Waals surface area contributed by atoms with Crippen molar-refractivity contribution in [3.05, 3.63) is 29.8 Å². The van der Waals surface area contributed by atoms with Gasteiger partial charge >= 0.3 is 6.18 Å². The number of carbonyl (C=O) groups excluding carboxylic acids is 1. The fourth-order valence-corrected chi connectivity index (χ4v) is 4.66. The number of benzene rings is 1. The van der Waals surface area contributed by atoms with Crippen molar-refractivity contribution in [2.24, 2.45) is 11.3 Å². The fraction of sp³-hybridized carbons (Fsp3) is 0.650. The lowest BCUT2D eigenvalue weighted by atomic mass is 9.57. The summed E-state index contributed by atoms with van der Waals surface area (Å²) in [7, 11) is 2.64. The van der Waals surface area contributed by atoms with Crippen LogP contribution in [0.25, 0.3) is 0 Å². The van der Waals surface area contributed by atoms with E-state index in [0.717, 1.165) is 55.8 Å². The van der Waals surface area contributed by atoms with Crippen molar-refractivity contribution in [3.8, 4) is 5.75 Å². The van der Waals surface area contributed by atoms with Gasteiger partial charge in [-0.1, -0.05) is 12.1 Å². The number of hydrogen-bond acceptors (Lipinski definition) is 4. The Kier molecular flexibility index (Phi) is 5.64. The van der Waals surface area contributed by atoms with Gasteiger partial charge in [0.05, 0.1) is 7.11 Å². The molecule has 156 valence electrons. The van der Waals surface area contributed by atoms with Crippen molar-refractivity contribution in [3.63, 3.8) is 0 Å². The molecule has 0 unspecified atom stereocenters. The second-order valence-electron chi connectivity index (χ2n) is 8.15. The van der Waals surface area contributed by atoms with Crippen LogP contribution >= 0.6 is 0 Å². The van der Waals surface area contributed by atoms with E-state index in [1.165, 1.54) is 26.3 Å².